The second-order valence-electron chi connectivity index (χ2n) is 4.79. The highest BCUT2D eigenvalue weighted by atomic mass is 16.6. The lowest BCUT2D eigenvalue weighted by molar-refractivity contribution is -0.158. The van der Waals surface area contributed by atoms with Gasteiger partial charge in [0.2, 0.25) is 0 Å². The fourth-order valence-corrected chi connectivity index (χ4v) is 1.11. The van der Waals surface area contributed by atoms with E-state index in [1.165, 1.54) is 0 Å². The molecule has 0 amide bonds. The molecule has 15 heavy (non-hydrogen) atoms. The van der Waals surface area contributed by atoms with E-state index in [1.807, 2.05) is 40.7 Å². The molecule has 0 fully saturated rings. The summed E-state index contributed by atoms with van der Waals surface area (Å²) in [7, 11) is 0. The molecule has 86 valence electrons. The molecular formula is C11H20N2O2. The Balaban J connectivity index is 4.37. The molecular weight excluding hydrogens is 192 g/mol. The zero-order valence-corrected chi connectivity index (χ0v) is 10.1. The van der Waals surface area contributed by atoms with Gasteiger partial charge in [-0.15, -0.1) is 0 Å². The van der Waals surface area contributed by atoms with Crippen molar-refractivity contribution in [3.8, 4) is 6.07 Å². The van der Waals surface area contributed by atoms with E-state index in [2.05, 4.69) is 5.32 Å². The number of nitriles is 1. The molecule has 0 bridgehead atoms. The third-order valence-electron chi connectivity index (χ3n) is 1.73. The minimum atomic E-state index is -0.488. The van der Waals surface area contributed by atoms with Crippen LogP contribution in [0.2, 0.25) is 0 Å². The number of carbonyl (C=O) groups is 1. The average molecular weight is 212 g/mol. The van der Waals surface area contributed by atoms with Crippen molar-refractivity contribution < 1.29 is 9.53 Å². The third kappa shape index (κ3) is 6.08. The number of ether oxygens (including phenoxy) is 1. The van der Waals surface area contributed by atoms with Gasteiger partial charge >= 0.3 is 5.97 Å². The van der Waals surface area contributed by atoms with Crippen molar-refractivity contribution in [3.05, 3.63) is 0 Å². The van der Waals surface area contributed by atoms with Crippen LogP contribution >= 0.6 is 0 Å². The minimum Gasteiger partial charge on any atom is -0.459 e. The van der Waals surface area contributed by atoms with Crippen LogP contribution in [0.15, 0.2) is 0 Å². The third-order valence-corrected chi connectivity index (χ3v) is 1.73. The lowest BCUT2D eigenvalue weighted by atomic mass is 10.0. The van der Waals surface area contributed by atoms with Crippen LogP contribution in [-0.4, -0.2) is 24.2 Å². The molecule has 1 atom stereocenters. The Morgan fingerprint density at radius 3 is 2.33 bits per heavy atom. The Hall–Kier alpha value is -1.08. The van der Waals surface area contributed by atoms with Crippen LogP contribution < -0.4 is 5.32 Å². The van der Waals surface area contributed by atoms with Gasteiger partial charge in [0.05, 0.1) is 12.6 Å². The Morgan fingerprint density at radius 1 is 1.47 bits per heavy atom. The highest BCUT2D eigenvalue weighted by Gasteiger charge is 2.26. The number of nitrogens with zero attached hydrogens (tertiary/aromatic N) is 1. The first-order valence-electron chi connectivity index (χ1n) is 5.11. The van der Waals surface area contributed by atoms with Crippen LogP contribution in [0, 0.1) is 17.2 Å². The maximum atomic E-state index is 11.7. The summed E-state index contributed by atoms with van der Waals surface area (Å²) >= 11 is 0. The lowest BCUT2D eigenvalue weighted by Crippen LogP contribution is -2.44. The summed E-state index contributed by atoms with van der Waals surface area (Å²) in [5, 5.41) is 11.3. The van der Waals surface area contributed by atoms with Gasteiger partial charge in [0, 0.05) is 0 Å². The molecule has 0 heterocycles. The van der Waals surface area contributed by atoms with Gasteiger partial charge in [0.1, 0.15) is 11.6 Å². The monoisotopic (exact) mass is 212 g/mol. The van der Waals surface area contributed by atoms with E-state index in [1.54, 1.807) is 0 Å². The van der Waals surface area contributed by atoms with E-state index < -0.39 is 11.6 Å². The summed E-state index contributed by atoms with van der Waals surface area (Å²) in [6, 6.07) is 1.54. The van der Waals surface area contributed by atoms with E-state index in [9.17, 15) is 4.79 Å². The van der Waals surface area contributed by atoms with Crippen LogP contribution in [0.1, 0.15) is 34.6 Å². The number of hydrogen-bond donors (Lipinski definition) is 1. The number of carbonyl (C=O) groups excluding carboxylic acids is 1. The molecule has 0 aliphatic heterocycles. The predicted molar refractivity (Wildman–Crippen MR) is 58.1 cm³/mol. The van der Waals surface area contributed by atoms with Crippen molar-refractivity contribution in [2.24, 2.45) is 5.92 Å². The minimum absolute atomic E-state index is 0.105. The second kappa shape index (κ2) is 5.72. The first-order chi connectivity index (χ1) is 6.78. The average Bonchev–Trinajstić information content (AvgIpc) is 2.00. The van der Waals surface area contributed by atoms with Crippen molar-refractivity contribution >= 4 is 5.97 Å². The van der Waals surface area contributed by atoms with Crippen molar-refractivity contribution in [1.82, 2.24) is 5.32 Å². The standard InChI is InChI=1S/C11H20N2O2/c1-8(2)9(13-7-6-12)10(14)15-11(3,4)5/h8-9,13H,7H2,1-5H3. The van der Waals surface area contributed by atoms with Crippen molar-refractivity contribution in [2.75, 3.05) is 6.54 Å². The fourth-order valence-electron chi connectivity index (χ4n) is 1.11. The Kier molecular flexibility index (Phi) is 5.31. The maximum Gasteiger partial charge on any atom is 0.323 e. The molecule has 1 unspecified atom stereocenters. The molecule has 4 nitrogen and oxygen atoms in total. The molecule has 0 aromatic heterocycles. The smallest absolute Gasteiger partial charge is 0.323 e. The topological polar surface area (TPSA) is 62.1 Å². The van der Waals surface area contributed by atoms with E-state index in [-0.39, 0.29) is 18.4 Å². The SMILES string of the molecule is CC(C)C(NCC#N)C(=O)OC(C)(C)C. The van der Waals surface area contributed by atoms with Gasteiger partial charge in [0.25, 0.3) is 0 Å². The van der Waals surface area contributed by atoms with Crippen LogP contribution in [0.5, 0.6) is 0 Å². The quantitative estimate of drug-likeness (QED) is 0.566. The first-order valence-corrected chi connectivity index (χ1v) is 5.11. The molecule has 0 aliphatic rings. The Labute approximate surface area is 91.6 Å². The van der Waals surface area contributed by atoms with Gasteiger partial charge in [-0.05, 0) is 26.7 Å². The van der Waals surface area contributed by atoms with E-state index >= 15 is 0 Å². The lowest BCUT2D eigenvalue weighted by Gasteiger charge is -2.25. The van der Waals surface area contributed by atoms with Gasteiger partial charge in [-0.1, -0.05) is 13.8 Å². The highest BCUT2D eigenvalue weighted by Crippen LogP contribution is 2.12. The first kappa shape index (κ1) is 13.9. The van der Waals surface area contributed by atoms with Crippen molar-refractivity contribution in [1.29, 1.82) is 5.26 Å². The van der Waals surface area contributed by atoms with Gasteiger partial charge in [0.15, 0.2) is 0 Å². The molecule has 0 spiro atoms. The summed E-state index contributed by atoms with van der Waals surface area (Å²) in [5.41, 5.74) is -0.488. The van der Waals surface area contributed by atoms with Gasteiger partial charge < -0.3 is 4.74 Å². The van der Waals surface area contributed by atoms with E-state index in [0.717, 1.165) is 0 Å². The molecule has 0 radical (unpaired) electrons. The maximum absolute atomic E-state index is 11.7. The summed E-state index contributed by atoms with van der Waals surface area (Å²) in [5.74, 6) is -0.194. The van der Waals surface area contributed by atoms with Crippen molar-refractivity contribution in [3.63, 3.8) is 0 Å². The molecule has 4 heteroatoms. The Morgan fingerprint density at radius 2 is 2.00 bits per heavy atom. The molecule has 0 aromatic carbocycles. The molecule has 0 aromatic rings. The second-order valence-corrected chi connectivity index (χ2v) is 4.79. The van der Waals surface area contributed by atoms with Crippen LogP contribution in [0.3, 0.4) is 0 Å². The van der Waals surface area contributed by atoms with Crippen LogP contribution in [0.4, 0.5) is 0 Å². The number of hydrogen-bond acceptors (Lipinski definition) is 4. The Bertz CT molecular complexity index is 248. The van der Waals surface area contributed by atoms with E-state index in [4.69, 9.17) is 10.00 Å². The molecule has 0 saturated carbocycles. The van der Waals surface area contributed by atoms with Gasteiger partial charge in [-0.25, -0.2) is 0 Å². The summed E-state index contributed by atoms with van der Waals surface area (Å²) in [6.07, 6.45) is 0. The number of rotatable bonds is 4. The molecule has 0 rings (SSSR count). The van der Waals surface area contributed by atoms with Crippen LogP contribution in [0.25, 0.3) is 0 Å². The molecule has 1 N–H and O–H groups in total. The van der Waals surface area contributed by atoms with Crippen molar-refractivity contribution in [2.45, 2.75) is 46.3 Å². The summed E-state index contributed by atoms with van der Waals surface area (Å²) in [4.78, 5) is 11.7. The predicted octanol–water partition coefficient (Wildman–Crippen LogP) is 1.47. The molecule has 0 saturated heterocycles. The van der Waals surface area contributed by atoms with Crippen LogP contribution in [-0.2, 0) is 9.53 Å². The van der Waals surface area contributed by atoms with Gasteiger partial charge in [-0.3, -0.25) is 10.1 Å². The van der Waals surface area contributed by atoms with Gasteiger partial charge in [-0.2, -0.15) is 5.26 Å². The van der Waals surface area contributed by atoms with E-state index in [0.29, 0.717) is 0 Å². The summed E-state index contributed by atoms with van der Waals surface area (Å²) in [6.45, 7) is 9.46. The zero-order valence-electron chi connectivity index (χ0n) is 10.1. The highest BCUT2D eigenvalue weighted by molar-refractivity contribution is 5.76. The normalized spacial score (nSPS) is 13.4. The number of nitrogens with one attached hydrogen (secondary N) is 1. The number of esters is 1. The molecule has 0 aliphatic carbocycles. The summed E-state index contributed by atoms with van der Waals surface area (Å²) < 4.78 is 5.25. The fraction of sp³-hybridized carbons (Fsp3) is 0.818. The zero-order chi connectivity index (χ0) is 12.1. The largest absolute Gasteiger partial charge is 0.459 e.